The van der Waals surface area contributed by atoms with Crippen LogP contribution in [-0.4, -0.2) is 21.0 Å². The Morgan fingerprint density at radius 1 is 1.35 bits per heavy atom. The second kappa shape index (κ2) is 8.14. The van der Waals surface area contributed by atoms with E-state index in [1.165, 1.54) is 29.5 Å². The molecule has 1 N–H and O–H groups in total. The molecule has 7 nitrogen and oxygen atoms in total. The van der Waals surface area contributed by atoms with E-state index in [-0.39, 0.29) is 11.6 Å². The van der Waals surface area contributed by atoms with Crippen molar-refractivity contribution in [1.82, 2.24) is 10.2 Å². The maximum atomic E-state index is 11.8. The molecule has 1 aromatic heterocycles. The normalized spacial score (nSPS) is 10.8. The first-order valence-corrected chi connectivity index (χ1v) is 7.96. The van der Waals surface area contributed by atoms with Crippen LogP contribution >= 0.6 is 11.3 Å². The number of hydrogen-bond donors (Lipinski definition) is 1. The molecular weight excluding hydrogens is 316 g/mol. The van der Waals surface area contributed by atoms with Crippen molar-refractivity contribution >= 4 is 34.1 Å². The Morgan fingerprint density at radius 2 is 2.09 bits per heavy atom. The molecule has 0 unspecified atom stereocenters. The monoisotopic (exact) mass is 332 g/mol. The van der Waals surface area contributed by atoms with Gasteiger partial charge in [0.05, 0.1) is 4.92 Å². The number of nitrogens with zero attached hydrogens (tertiary/aromatic N) is 3. The summed E-state index contributed by atoms with van der Waals surface area (Å²) in [6.07, 6.45) is 5.93. The highest BCUT2D eigenvalue weighted by atomic mass is 32.1. The van der Waals surface area contributed by atoms with Gasteiger partial charge in [0.2, 0.25) is 11.0 Å². The molecule has 0 saturated carbocycles. The van der Waals surface area contributed by atoms with E-state index in [0.717, 1.165) is 24.3 Å². The number of rotatable bonds is 7. The number of nitro groups is 1. The number of nitro benzene ring substituents is 1. The van der Waals surface area contributed by atoms with Crippen LogP contribution in [0.5, 0.6) is 0 Å². The van der Waals surface area contributed by atoms with Gasteiger partial charge in [0.1, 0.15) is 5.01 Å². The molecule has 2 rings (SSSR count). The van der Waals surface area contributed by atoms with Crippen molar-refractivity contribution in [2.75, 3.05) is 5.32 Å². The van der Waals surface area contributed by atoms with Crippen molar-refractivity contribution in [3.63, 3.8) is 0 Å². The van der Waals surface area contributed by atoms with Crippen LogP contribution in [0.4, 0.5) is 10.8 Å². The highest BCUT2D eigenvalue weighted by Gasteiger charge is 2.06. The highest BCUT2D eigenvalue weighted by Crippen LogP contribution is 2.17. The van der Waals surface area contributed by atoms with Gasteiger partial charge in [0.15, 0.2) is 0 Å². The maximum Gasteiger partial charge on any atom is 0.269 e. The number of carbonyl (C=O) groups is 1. The van der Waals surface area contributed by atoms with Crippen molar-refractivity contribution in [1.29, 1.82) is 0 Å². The first-order valence-electron chi connectivity index (χ1n) is 7.14. The van der Waals surface area contributed by atoms with Gasteiger partial charge in [0, 0.05) is 24.6 Å². The Kier molecular flexibility index (Phi) is 5.93. The third-order valence-corrected chi connectivity index (χ3v) is 3.87. The van der Waals surface area contributed by atoms with Gasteiger partial charge in [-0.15, -0.1) is 10.2 Å². The molecule has 0 radical (unpaired) electrons. The molecule has 0 atom stereocenters. The fourth-order valence-corrected chi connectivity index (χ4v) is 2.54. The van der Waals surface area contributed by atoms with E-state index in [4.69, 9.17) is 0 Å². The van der Waals surface area contributed by atoms with Crippen LogP contribution in [-0.2, 0) is 11.2 Å². The first kappa shape index (κ1) is 16.8. The van der Waals surface area contributed by atoms with E-state index in [1.807, 2.05) is 0 Å². The topological polar surface area (TPSA) is 98.0 Å². The van der Waals surface area contributed by atoms with Crippen LogP contribution in [0.25, 0.3) is 6.08 Å². The van der Waals surface area contributed by atoms with Crippen LogP contribution in [0, 0.1) is 10.1 Å². The maximum absolute atomic E-state index is 11.8. The summed E-state index contributed by atoms with van der Waals surface area (Å²) >= 11 is 1.36. The zero-order valence-electron chi connectivity index (χ0n) is 12.6. The summed E-state index contributed by atoms with van der Waals surface area (Å²) in [5.74, 6) is -0.318. The number of anilines is 1. The lowest BCUT2D eigenvalue weighted by molar-refractivity contribution is -0.384. The Bertz CT molecular complexity index is 710. The molecule has 0 aliphatic heterocycles. The number of benzene rings is 1. The van der Waals surface area contributed by atoms with Gasteiger partial charge in [-0.05, 0) is 30.2 Å². The molecule has 1 amide bonds. The fourth-order valence-electron chi connectivity index (χ4n) is 1.76. The quantitative estimate of drug-likeness (QED) is 0.476. The Balaban J connectivity index is 1.90. The van der Waals surface area contributed by atoms with Crippen molar-refractivity contribution in [3.8, 4) is 0 Å². The summed E-state index contributed by atoms with van der Waals surface area (Å²) < 4.78 is 0. The third-order valence-electron chi connectivity index (χ3n) is 2.97. The predicted octanol–water partition coefficient (Wildman–Crippen LogP) is 3.44. The van der Waals surface area contributed by atoms with E-state index in [0.29, 0.717) is 10.7 Å². The first-order chi connectivity index (χ1) is 11.1. The Morgan fingerprint density at radius 3 is 2.74 bits per heavy atom. The molecule has 120 valence electrons. The molecular formula is C15H16N4O3S. The number of non-ortho nitro benzene ring substituents is 1. The molecule has 8 heteroatoms. The number of aromatic nitrogens is 2. The van der Waals surface area contributed by atoms with E-state index >= 15 is 0 Å². The fraction of sp³-hybridized carbons (Fsp3) is 0.267. The van der Waals surface area contributed by atoms with Gasteiger partial charge in [-0.3, -0.25) is 20.2 Å². The van der Waals surface area contributed by atoms with Gasteiger partial charge >= 0.3 is 0 Å². The predicted molar refractivity (Wildman–Crippen MR) is 89.3 cm³/mol. The van der Waals surface area contributed by atoms with E-state index < -0.39 is 4.92 Å². The summed E-state index contributed by atoms with van der Waals surface area (Å²) in [5.41, 5.74) is 0.715. The minimum atomic E-state index is -0.466. The van der Waals surface area contributed by atoms with Gasteiger partial charge < -0.3 is 0 Å². The lowest BCUT2D eigenvalue weighted by atomic mass is 10.2. The van der Waals surface area contributed by atoms with Crippen LogP contribution in [0.1, 0.15) is 30.3 Å². The molecule has 2 aromatic rings. The third kappa shape index (κ3) is 5.26. The number of nitrogens with one attached hydrogen (secondary N) is 1. The molecule has 0 saturated heterocycles. The number of hydrogen-bond acceptors (Lipinski definition) is 6. The Hall–Kier alpha value is -2.61. The molecule has 23 heavy (non-hydrogen) atoms. The number of amides is 1. The lowest BCUT2D eigenvalue weighted by Crippen LogP contribution is -2.07. The summed E-state index contributed by atoms with van der Waals surface area (Å²) in [6.45, 7) is 2.10. The van der Waals surface area contributed by atoms with E-state index in [1.54, 1.807) is 18.2 Å². The average Bonchev–Trinajstić information content (AvgIpc) is 2.98. The number of aryl methyl sites for hydroxylation is 1. The number of unbranched alkanes of at least 4 members (excludes halogenated alkanes) is 1. The molecule has 1 aromatic carbocycles. The average molecular weight is 332 g/mol. The van der Waals surface area contributed by atoms with E-state index in [9.17, 15) is 14.9 Å². The summed E-state index contributed by atoms with van der Waals surface area (Å²) in [5, 5.41) is 22.5. The van der Waals surface area contributed by atoms with Crippen LogP contribution < -0.4 is 5.32 Å². The van der Waals surface area contributed by atoms with Crippen molar-refractivity contribution < 1.29 is 9.72 Å². The summed E-state index contributed by atoms with van der Waals surface area (Å²) in [4.78, 5) is 21.9. The van der Waals surface area contributed by atoms with Crippen LogP contribution in [0.3, 0.4) is 0 Å². The van der Waals surface area contributed by atoms with Gasteiger partial charge in [-0.2, -0.15) is 0 Å². The van der Waals surface area contributed by atoms with Crippen molar-refractivity contribution in [2.24, 2.45) is 0 Å². The SMILES string of the molecule is CCCCc1nnc(NC(=O)/C=C/c2ccc([N+](=O)[O-])cc2)s1. The second-order valence-electron chi connectivity index (χ2n) is 4.78. The van der Waals surface area contributed by atoms with Gasteiger partial charge in [-0.25, -0.2) is 0 Å². The Labute approximate surface area is 137 Å². The van der Waals surface area contributed by atoms with Gasteiger partial charge in [-0.1, -0.05) is 24.7 Å². The lowest BCUT2D eigenvalue weighted by Gasteiger charge is -1.96. The molecule has 0 aliphatic carbocycles. The molecule has 1 heterocycles. The zero-order valence-corrected chi connectivity index (χ0v) is 13.4. The minimum Gasteiger partial charge on any atom is -0.297 e. The summed E-state index contributed by atoms with van der Waals surface area (Å²) in [7, 11) is 0. The molecule has 0 bridgehead atoms. The summed E-state index contributed by atoms with van der Waals surface area (Å²) in [6, 6.07) is 5.94. The van der Waals surface area contributed by atoms with Crippen molar-refractivity contribution in [2.45, 2.75) is 26.2 Å². The smallest absolute Gasteiger partial charge is 0.269 e. The number of carbonyl (C=O) groups excluding carboxylic acids is 1. The second-order valence-corrected chi connectivity index (χ2v) is 5.84. The zero-order chi connectivity index (χ0) is 16.7. The van der Waals surface area contributed by atoms with Crippen LogP contribution in [0.15, 0.2) is 30.3 Å². The molecule has 0 spiro atoms. The van der Waals surface area contributed by atoms with Gasteiger partial charge in [0.25, 0.3) is 5.69 Å². The van der Waals surface area contributed by atoms with Crippen molar-refractivity contribution in [3.05, 3.63) is 51.0 Å². The largest absolute Gasteiger partial charge is 0.297 e. The standard InChI is InChI=1S/C15H16N4O3S/c1-2-3-4-14-17-18-15(23-14)16-13(20)10-7-11-5-8-12(9-6-11)19(21)22/h5-10H,2-4H2,1H3,(H,16,18,20)/b10-7+. The van der Waals surface area contributed by atoms with Crippen LogP contribution in [0.2, 0.25) is 0 Å². The molecule has 0 fully saturated rings. The molecule has 0 aliphatic rings. The minimum absolute atomic E-state index is 0.0140. The highest BCUT2D eigenvalue weighted by molar-refractivity contribution is 7.15. The van der Waals surface area contributed by atoms with E-state index in [2.05, 4.69) is 22.4 Å².